The molecule has 1 fully saturated rings. The van der Waals surface area contributed by atoms with Crippen LogP contribution in [0.15, 0.2) is 0 Å². The summed E-state index contributed by atoms with van der Waals surface area (Å²) < 4.78 is 15.5. The molecule has 0 radical (unpaired) electrons. The third kappa shape index (κ3) is 3.70. The molecule has 0 bridgehead atoms. The van der Waals surface area contributed by atoms with E-state index in [1.807, 2.05) is 6.92 Å². The van der Waals surface area contributed by atoms with Gasteiger partial charge in [-0.2, -0.15) is 0 Å². The number of esters is 2. The maximum absolute atomic E-state index is 11.9. The van der Waals surface area contributed by atoms with Gasteiger partial charge in [0.25, 0.3) is 0 Å². The molecule has 1 saturated heterocycles. The van der Waals surface area contributed by atoms with E-state index in [1.165, 1.54) is 0 Å². The quantitative estimate of drug-likeness (QED) is 0.534. The van der Waals surface area contributed by atoms with Crippen molar-refractivity contribution in [3.8, 4) is 0 Å². The molecule has 0 N–H and O–H groups in total. The number of carbonyl (C=O) groups excluding carboxylic acids is 2. The minimum atomic E-state index is -0.881. The highest BCUT2D eigenvalue weighted by atomic mass is 16.6. The fourth-order valence-electron chi connectivity index (χ4n) is 2.22. The van der Waals surface area contributed by atoms with E-state index < -0.39 is 17.9 Å². The van der Waals surface area contributed by atoms with Gasteiger partial charge in [-0.3, -0.25) is 9.59 Å². The van der Waals surface area contributed by atoms with Crippen LogP contribution in [0.5, 0.6) is 0 Å². The van der Waals surface area contributed by atoms with Crippen LogP contribution in [0.3, 0.4) is 0 Å². The number of rotatable bonds is 6. The molecule has 5 heteroatoms. The van der Waals surface area contributed by atoms with Crippen molar-refractivity contribution in [2.75, 3.05) is 19.8 Å². The lowest BCUT2D eigenvalue weighted by atomic mass is 9.88. The monoisotopic (exact) mass is 258 g/mol. The first-order chi connectivity index (χ1) is 8.61. The summed E-state index contributed by atoms with van der Waals surface area (Å²) in [7, 11) is 0. The van der Waals surface area contributed by atoms with E-state index in [0.29, 0.717) is 6.61 Å². The molecule has 0 aliphatic carbocycles. The lowest BCUT2D eigenvalue weighted by molar-refractivity contribution is -0.166. The summed E-state index contributed by atoms with van der Waals surface area (Å²) in [5.41, 5.74) is 0. The molecule has 18 heavy (non-hydrogen) atoms. The standard InChI is InChI=1S/C13H22O5/c1-4-16-12(14)11(13(15)17-5-2)9(3)10-7-6-8-18-10/h9-11H,4-8H2,1-3H3/t9-,10+/m1/s1. The zero-order chi connectivity index (χ0) is 13.5. The van der Waals surface area contributed by atoms with Gasteiger partial charge in [0.15, 0.2) is 5.92 Å². The number of ether oxygens (including phenoxy) is 3. The van der Waals surface area contributed by atoms with Gasteiger partial charge in [-0.05, 0) is 26.7 Å². The molecular formula is C13H22O5. The first-order valence-electron chi connectivity index (χ1n) is 6.56. The van der Waals surface area contributed by atoms with E-state index >= 15 is 0 Å². The summed E-state index contributed by atoms with van der Waals surface area (Å²) >= 11 is 0. The largest absolute Gasteiger partial charge is 0.465 e. The van der Waals surface area contributed by atoms with Crippen LogP contribution in [0.4, 0.5) is 0 Å². The van der Waals surface area contributed by atoms with Gasteiger partial charge in [0.05, 0.1) is 19.3 Å². The molecule has 5 nitrogen and oxygen atoms in total. The van der Waals surface area contributed by atoms with Crippen LogP contribution in [-0.2, 0) is 23.8 Å². The predicted octanol–water partition coefficient (Wildman–Crippen LogP) is 1.54. The highest BCUT2D eigenvalue weighted by Gasteiger charge is 2.40. The van der Waals surface area contributed by atoms with Crippen molar-refractivity contribution in [3.05, 3.63) is 0 Å². The van der Waals surface area contributed by atoms with Crippen LogP contribution in [0, 0.1) is 11.8 Å². The summed E-state index contributed by atoms with van der Waals surface area (Å²) in [6.45, 7) is 6.48. The topological polar surface area (TPSA) is 61.8 Å². The van der Waals surface area contributed by atoms with Crippen LogP contribution in [0.2, 0.25) is 0 Å². The molecule has 1 heterocycles. The minimum absolute atomic E-state index is 0.0659. The van der Waals surface area contributed by atoms with Gasteiger partial charge in [-0.15, -0.1) is 0 Å². The van der Waals surface area contributed by atoms with Gasteiger partial charge in [0, 0.05) is 12.5 Å². The fraction of sp³-hybridized carbons (Fsp3) is 0.846. The smallest absolute Gasteiger partial charge is 0.320 e. The maximum Gasteiger partial charge on any atom is 0.320 e. The molecule has 0 amide bonds. The van der Waals surface area contributed by atoms with Crippen LogP contribution >= 0.6 is 0 Å². The van der Waals surface area contributed by atoms with Gasteiger partial charge in [0.1, 0.15) is 0 Å². The Morgan fingerprint density at radius 2 is 1.78 bits per heavy atom. The second kappa shape index (κ2) is 7.36. The third-order valence-electron chi connectivity index (χ3n) is 3.16. The summed E-state index contributed by atoms with van der Waals surface area (Å²) in [6.07, 6.45) is 1.77. The Hall–Kier alpha value is -1.10. The molecule has 0 saturated carbocycles. The first kappa shape index (κ1) is 15.0. The molecule has 0 unspecified atom stereocenters. The zero-order valence-electron chi connectivity index (χ0n) is 11.3. The summed E-state index contributed by atoms with van der Waals surface area (Å²) in [6, 6.07) is 0. The molecule has 0 aromatic heterocycles. The normalized spacial score (nSPS) is 20.8. The predicted molar refractivity (Wildman–Crippen MR) is 64.9 cm³/mol. The molecule has 0 aromatic carbocycles. The van der Waals surface area contributed by atoms with Crippen molar-refractivity contribution in [3.63, 3.8) is 0 Å². The van der Waals surface area contributed by atoms with E-state index in [9.17, 15) is 9.59 Å². The van der Waals surface area contributed by atoms with E-state index in [-0.39, 0.29) is 25.2 Å². The average Bonchev–Trinajstić information content (AvgIpc) is 2.83. The van der Waals surface area contributed by atoms with Crippen LogP contribution in [0.1, 0.15) is 33.6 Å². The fourth-order valence-corrected chi connectivity index (χ4v) is 2.22. The lowest BCUT2D eigenvalue weighted by Crippen LogP contribution is -2.38. The van der Waals surface area contributed by atoms with Gasteiger partial charge >= 0.3 is 11.9 Å². The molecule has 1 rings (SSSR count). The Bertz CT molecular complexity index is 265. The minimum Gasteiger partial charge on any atom is -0.465 e. The van der Waals surface area contributed by atoms with Crippen molar-refractivity contribution in [1.82, 2.24) is 0 Å². The second-order valence-corrected chi connectivity index (χ2v) is 4.39. The van der Waals surface area contributed by atoms with E-state index in [0.717, 1.165) is 12.8 Å². The molecule has 104 valence electrons. The van der Waals surface area contributed by atoms with Crippen molar-refractivity contribution >= 4 is 11.9 Å². The Morgan fingerprint density at radius 3 is 2.17 bits per heavy atom. The Morgan fingerprint density at radius 1 is 1.22 bits per heavy atom. The lowest BCUT2D eigenvalue weighted by Gasteiger charge is -2.25. The molecule has 2 atom stereocenters. The second-order valence-electron chi connectivity index (χ2n) is 4.39. The molecule has 1 aliphatic heterocycles. The first-order valence-corrected chi connectivity index (χ1v) is 6.56. The SMILES string of the molecule is CCOC(=O)C(C(=O)OCC)[C@H](C)[C@@H]1CCCO1. The van der Waals surface area contributed by atoms with Gasteiger partial charge in [-0.25, -0.2) is 0 Å². The zero-order valence-corrected chi connectivity index (χ0v) is 11.3. The van der Waals surface area contributed by atoms with E-state index in [1.54, 1.807) is 13.8 Å². The van der Waals surface area contributed by atoms with Crippen LogP contribution in [0.25, 0.3) is 0 Å². The van der Waals surface area contributed by atoms with Crippen LogP contribution < -0.4 is 0 Å². The Balaban J connectivity index is 2.74. The summed E-state index contributed by atoms with van der Waals surface area (Å²) in [5.74, 6) is -2.13. The van der Waals surface area contributed by atoms with Crippen molar-refractivity contribution < 1.29 is 23.8 Å². The van der Waals surface area contributed by atoms with Gasteiger partial charge in [0.2, 0.25) is 0 Å². The highest BCUT2D eigenvalue weighted by Crippen LogP contribution is 2.27. The number of carbonyl (C=O) groups is 2. The summed E-state index contributed by atoms with van der Waals surface area (Å²) in [4.78, 5) is 23.8. The van der Waals surface area contributed by atoms with E-state index in [2.05, 4.69) is 0 Å². The summed E-state index contributed by atoms with van der Waals surface area (Å²) in [5, 5.41) is 0. The molecule has 0 spiro atoms. The average molecular weight is 258 g/mol. The third-order valence-corrected chi connectivity index (χ3v) is 3.16. The van der Waals surface area contributed by atoms with Crippen molar-refractivity contribution in [2.24, 2.45) is 11.8 Å². The molecular weight excluding hydrogens is 236 g/mol. The van der Waals surface area contributed by atoms with Crippen molar-refractivity contribution in [1.29, 1.82) is 0 Å². The Labute approximate surface area is 108 Å². The molecule has 0 aromatic rings. The number of hydrogen-bond acceptors (Lipinski definition) is 5. The maximum atomic E-state index is 11.9. The number of hydrogen-bond donors (Lipinski definition) is 0. The van der Waals surface area contributed by atoms with Gasteiger partial charge < -0.3 is 14.2 Å². The van der Waals surface area contributed by atoms with Crippen LogP contribution in [-0.4, -0.2) is 37.9 Å². The van der Waals surface area contributed by atoms with E-state index in [4.69, 9.17) is 14.2 Å². The Kier molecular flexibility index (Phi) is 6.12. The highest BCUT2D eigenvalue weighted by molar-refractivity contribution is 5.95. The van der Waals surface area contributed by atoms with Crippen molar-refractivity contribution in [2.45, 2.75) is 39.7 Å². The molecule has 1 aliphatic rings. The van der Waals surface area contributed by atoms with Gasteiger partial charge in [-0.1, -0.05) is 6.92 Å².